The van der Waals surface area contributed by atoms with Gasteiger partial charge in [0.05, 0.1) is 24.3 Å². The van der Waals surface area contributed by atoms with Crippen molar-refractivity contribution in [2.45, 2.75) is 69.8 Å². The third kappa shape index (κ3) is 5.55. The van der Waals surface area contributed by atoms with Gasteiger partial charge in [0.1, 0.15) is 23.0 Å². The number of hydrogen-bond acceptors (Lipinski definition) is 5. The van der Waals surface area contributed by atoms with E-state index in [0.717, 1.165) is 11.1 Å². The summed E-state index contributed by atoms with van der Waals surface area (Å²) in [5.41, 5.74) is 2.15. The molecule has 8 heteroatoms. The third-order valence-electron chi connectivity index (χ3n) is 7.25. The van der Waals surface area contributed by atoms with Crippen molar-refractivity contribution in [1.29, 1.82) is 0 Å². The summed E-state index contributed by atoms with van der Waals surface area (Å²) in [7, 11) is 3.28. The largest absolute Gasteiger partial charge is 0.495 e. The summed E-state index contributed by atoms with van der Waals surface area (Å²) < 4.78 is 17.1. The number of ether oxygens (including phenoxy) is 3. The molecule has 2 unspecified atom stereocenters. The molecule has 2 saturated heterocycles. The lowest BCUT2D eigenvalue weighted by Crippen LogP contribution is -2.48. The first-order chi connectivity index (χ1) is 17.1. The normalized spacial score (nSPS) is 33.2. The smallest absolute Gasteiger partial charge is 0.407 e. The minimum absolute atomic E-state index is 0.0811. The number of rotatable bonds is 1. The van der Waals surface area contributed by atoms with Crippen LogP contribution < -0.4 is 15.0 Å². The molecule has 36 heavy (non-hydrogen) atoms. The number of alkyl carbamates (subject to hydrolysis) is 1. The highest BCUT2D eigenvalue weighted by Crippen LogP contribution is 2.47. The second kappa shape index (κ2) is 10.6. The molecule has 192 valence electrons. The second-order valence-corrected chi connectivity index (χ2v) is 10.4. The van der Waals surface area contributed by atoms with Crippen molar-refractivity contribution in [3.05, 3.63) is 46.5 Å². The molecule has 1 aromatic rings. The first kappa shape index (κ1) is 26.1. The Kier molecular flexibility index (Phi) is 7.67. The van der Waals surface area contributed by atoms with Crippen molar-refractivity contribution in [2.75, 3.05) is 19.1 Å². The van der Waals surface area contributed by atoms with Gasteiger partial charge in [-0.2, -0.15) is 0 Å². The van der Waals surface area contributed by atoms with E-state index in [-0.39, 0.29) is 30.4 Å². The average molecular weight is 513 g/mol. The van der Waals surface area contributed by atoms with Crippen molar-refractivity contribution in [3.63, 3.8) is 0 Å². The molecule has 0 aromatic heterocycles. The molecule has 5 atom stereocenters. The second-order valence-electron chi connectivity index (χ2n) is 10.0. The van der Waals surface area contributed by atoms with Crippen molar-refractivity contribution in [2.24, 2.45) is 5.92 Å². The Labute approximate surface area is 217 Å². The van der Waals surface area contributed by atoms with E-state index in [1.54, 1.807) is 19.1 Å². The van der Waals surface area contributed by atoms with Crippen LogP contribution >= 0.6 is 11.6 Å². The standard InChI is InChI=1S/C28H33ClN2O5/c1-6-20-22-16-19(30-27(33)35-22)10-8-7-9-17(2)13-18-14-21(25(29)23(15-18)34-5)31(4)24(32)11-12-28(3)26(20)36-28/h1,7-9,14-15,19-20,22,26H,10-13,16H2,2-5H3,(H,30,33)/b8-7+,17-9+/t19?,20-,22?,26+,28+/m1/s1. The molecule has 7 nitrogen and oxygen atoms in total. The number of amides is 2. The van der Waals surface area contributed by atoms with Gasteiger partial charge in [0.25, 0.3) is 0 Å². The van der Waals surface area contributed by atoms with Crippen LogP contribution in [0.5, 0.6) is 5.75 Å². The van der Waals surface area contributed by atoms with Crippen LogP contribution in [0, 0.1) is 18.3 Å². The Morgan fingerprint density at radius 2 is 2.11 bits per heavy atom. The number of anilines is 1. The Morgan fingerprint density at radius 3 is 2.83 bits per heavy atom. The zero-order valence-corrected chi connectivity index (χ0v) is 21.9. The van der Waals surface area contributed by atoms with Gasteiger partial charge in [0.2, 0.25) is 5.91 Å². The summed E-state index contributed by atoms with van der Waals surface area (Å²) in [5, 5.41) is 3.28. The zero-order chi connectivity index (χ0) is 26.0. The van der Waals surface area contributed by atoms with E-state index < -0.39 is 17.8 Å². The molecule has 3 aliphatic rings. The highest BCUT2D eigenvalue weighted by atomic mass is 35.5. The van der Waals surface area contributed by atoms with Gasteiger partial charge in [-0.15, -0.1) is 6.42 Å². The maximum absolute atomic E-state index is 13.2. The topological polar surface area (TPSA) is 80.4 Å². The number of nitrogens with zero attached hydrogens (tertiary/aromatic N) is 1. The van der Waals surface area contributed by atoms with E-state index in [1.807, 2.05) is 44.2 Å². The number of allylic oxidation sites excluding steroid dienone is 3. The molecule has 1 N–H and O–H groups in total. The third-order valence-corrected chi connectivity index (χ3v) is 7.63. The molecule has 2 amide bonds. The van der Waals surface area contributed by atoms with Crippen LogP contribution in [-0.2, 0) is 20.7 Å². The molecule has 3 heterocycles. The van der Waals surface area contributed by atoms with E-state index in [9.17, 15) is 9.59 Å². The average Bonchev–Trinajstić information content (AvgIpc) is 3.51. The maximum atomic E-state index is 13.2. The Morgan fingerprint density at radius 1 is 1.33 bits per heavy atom. The number of carbonyl (C=O) groups is 2. The molecule has 0 spiro atoms. The molecular formula is C28H33ClN2O5. The molecular weight excluding hydrogens is 480 g/mol. The van der Waals surface area contributed by atoms with Gasteiger partial charge >= 0.3 is 6.09 Å². The van der Waals surface area contributed by atoms with E-state index in [0.29, 0.717) is 42.1 Å². The number of carbonyl (C=O) groups excluding carboxylic acids is 2. The fraction of sp³-hybridized carbons (Fsp3) is 0.500. The summed E-state index contributed by atoms with van der Waals surface area (Å²) >= 11 is 6.59. The van der Waals surface area contributed by atoms with Gasteiger partial charge in [-0.05, 0) is 50.8 Å². The molecule has 0 aliphatic carbocycles. The number of halogens is 1. The Hall–Kier alpha value is -2.95. The SMILES string of the molecule is C#C[C@@H]1C2CC(C/C=C/C=C(\C)Cc3cc(OC)c(Cl)c(c3)N(C)C(=O)CC[C@]3(C)O[C@@H]13)NC(=O)O2. The fourth-order valence-electron chi connectivity index (χ4n) is 5.05. The van der Waals surface area contributed by atoms with Crippen molar-refractivity contribution in [3.8, 4) is 18.1 Å². The number of terminal acetylenes is 1. The van der Waals surface area contributed by atoms with E-state index in [4.69, 9.17) is 32.2 Å². The van der Waals surface area contributed by atoms with Crippen LogP contribution in [0.3, 0.4) is 0 Å². The quantitative estimate of drug-likeness (QED) is 0.431. The predicted molar refractivity (Wildman–Crippen MR) is 139 cm³/mol. The number of methoxy groups -OCH3 is 1. The highest BCUT2D eigenvalue weighted by Gasteiger charge is 2.58. The summed E-state index contributed by atoms with van der Waals surface area (Å²) in [4.78, 5) is 27.0. The fourth-order valence-corrected chi connectivity index (χ4v) is 5.36. The van der Waals surface area contributed by atoms with Gasteiger partial charge in [-0.25, -0.2) is 4.79 Å². The summed E-state index contributed by atoms with van der Waals surface area (Å²) in [6.07, 6.45) is 13.4. The number of hydrogen-bond donors (Lipinski definition) is 1. The van der Waals surface area contributed by atoms with Crippen LogP contribution in [0.25, 0.3) is 0 Å². The first-order valence-corrected chi connectivity index (χ1v) is 12.6. The van der Waals surface area contributed by atoms with Gasteiger partial charge in [-0.3, -0.25) is 4.79 Å². The van der Waals surface area contributed by atoms with E-state index >= 15 is 0 Å². The molecule has 4 rings (SSSR count). The van der Waals surface area contributed by atoms with Crippen molar-refractivity contribution >= 4 is 29.3 Å². The minimum Gasteiger partial charge on any atom is -0.495 e. The van der Waals surface area contributed by atoms with Crippen LogP contribution in [0.1, 0.15) is 45.1 Å². The molecule has 0 radical (unpaired) electrons. The number of epoxide rings is 1. The monoisotopic (exact) mass is 512 g/mol. The van der Waals surface area contributed by atoms with Crippen LogP contribution in [0.4, 0.5) is 10.5 Å². The first-order valence-electron chi connectivity index (χ1n) is 12.2. The lowest BCUT2D eigenvalue weighted by molar-refractivity contribution is -0.118. The van der Waals surface area contributed by atoms with E-state index in [1.165, 1.54) is 0 Å². The lowest BCUT2D eigenvalue weighted by atomic mass is 9.85. The Bertz CT molecular complexity index is 1140. The van der Waals surface area contributed by atoms with Crippen LogP contribution in [0.15, 0.2) is 35.9 Å². The van der Waals surface area contributed by atoms with Crippen molar-refractivity contribution < 1.29 is 23.8 Å². The number of benzene rings is 1. The maximum Gasteiger partial charge on any atom is 0.407 e. The van der Waals surface area contributed by atoms with Gasteiger partial charge in [0, 0.05) is 25.9 Å². The van der Waals surface area contributed by atoms with Gasteiger partial charge in [-0.1, -0.05) is 41.3 Å². The molecule has 2 fully saturated rings. The van der Waals surface area contributed by atoms with Gasteiger partial charge < -0.3 is 24.4 Å². The minimum atomic E-state index is -0.562. The Balaban J connectivity index is 1.66. The zero-order valence-electron chi connectivity index (χ0n) is 21.2. The van der Waals surface area contributed by atoms with Gasteiger partial charge in [0.15, 0.2) is 0 Å². The predicted octanol–water partition coefficient (Wildman–Crippen LogP) is 4.81. The summed E-state index contributed by atoms with van der Waals surface area (Å²) in [6.45, 7) is 3.99. The molecule has 3 aliphatic heterocycles. The van der Waals surface area contributed by atoms with Crippen LogP contribution in [0.2, 0.25) is 5.02 Å². The molecule has 1 aromatic carbocycles. The summed E-state index contributed by atoms with van der Waals surface area (Å²) in [5.74, 6) is 2.83. The molecule has 4 bridgehead atoms. The van der Waals surface area contributed by atoms with Crippen molar-refractivity contribution in [1.82, 2.24) is 5.32 Å². The molecule has 0 saturated carbocycles. The summed E-state index contributed by atoms with van der Waals surface area (Å²) in [6, 6.07) is 3.75. The van der Waals surface area contributed by atoms with Crippen LogP contribution in [-0.4, -0.2) is 50.0 Å². The number of fused-ring (bicyclic) bond motifs is 5. The van der Waals surface area contributed by atoms with E-state index in [2.05, 4.69) is 11.2 Å². The number of nitrogens with one attached hydrogen (secondary N) is 1. The highest BCUT2D eigenvalue weighted by molar-refractivity contribution is 6.35. The lowest BCUT2D eigenvalue weighted by Gasteiger charge is -2.32.